The number of nitrogens with one attached hydrogen (secondary N) is 2. The lowest BCUT2D eigenvalue weighted by atomic mass is 10.1. The number of rotatable bonds is 10. The van der Waals surface area contributed by atoms with Crippen LogP contribution in [0.2, 0.25) is 0 Å². The van der Waals surface area contributed by atoms with E-state index in [1.807, 2.05) is 31.2 Å². The minimum atomic E-state index is -4.28. The molecular formula is C19H31F3IN3O2. The maximum absolute atomic E-state index is 12.0. The van der Waals surface area contributed by atoms with Crippen LogP contribution in [-0.4, -0.2) is 45.5 Å². The number of hydrogen-bond acceptors (Lipinski definition) is 3. The van der Waals surface area contributed by atoms with Crippen molar-refractivity contribution in [3.63, 3.8) is 0 Å². The van der Waals surface area contributed by atoms with Crippen LogP contribution in [-0.2, 0) is 4.74 Å². The lowest BCUT2D eigenvalue weighted by molar-refractivity contribution is -0.173. The van der Waals surface area contributed by atoms with Gasteiger partial charge in [0.25, 0.3) is 0 Å². The molecular weight excluding hydrogens is 486 g/mol. The fourth-order valence-corrected chi connectivity index (χ4v) is 2.17. The average Bonchev–Trinajstić information content (AvgIpc) is 2.61. The smallest absolute Gasteiger partial charge is 0.411 e. The van der Waals surface area contributed by atoms with Gasteiger partial charge in [-0.1, -0.05) is 26.0 Å². The number of ether oxygens (including phenoxy) is 2. The first-order valence-corrected chi connectivity index (χ1v) is 9.05. The third kappa shape index (κ3) is 12.3. The molecule has 0 fully saturated rings. The first-order valence-electron chi connectivity index (χ1n) is 9.05. The van der Waals surface area contributed by atoms with Crippen molar-refractivity contribution in [3.05, 3.63) is 29.8 Å². The fraction of sp³-hybridized carbons (Fsp3) is 0.632. The first-order chi connectivity index (χ1) is 12.7. The van der Waals surface area contributed by atoms with Gasteiger partial charge in [-0.3, -0.25) is 4.99 Å². The maximum Gasteiger partial charge on any atom is 0.411 e. The topological polar surface area (TPSA) is 54.9 Å². The number of alkyl halides is 3. The predicted molar refractivity (Wildman–Crippen MR) is 117 cm³/mol. The molecule has 0 saturated heterocycles. The zero-order valence-electron chi connectivity index (χ0n) is 16.8. The molecule has 1 aromatic rings. The van der Waals surface area contributed by atoms with Crippen molar-refractivity contribution < 1.29 is 22.6 Å². The Labute approximate surface area is 182 Å². The predicted octanol–water partition coefficient (Wildman–Crippen LogP) is 4.53. The molecule has 9 heteroatoms. The molecule has 0 heterocycles. The summed E-state index contributed by atoms with van der Waals surface area (Å²) >= 11 is 0. The second-order valence-corrected chi connectivity index (χ2v) is 6.66. The molecule has 0 bridgehead atoms. The van der Waals surface area contributed by atoms with E-state index in [2.05, 4.69) is 34.2 Å². The molecule has 0 aromatic heterocycles. The zero-order chi connectivity index (χ0) is 20.3. The van der Waals surface area contributed by atoms with Gasteiger partial charge in [0.2, 0.25) is 0 Å². The van der Waals surface area contributed by atoms with Crippen LogP contribution >= 0.6 is 24.0 Å². The van der Waals surface area contributed by atoms with E-state index < -0.39 is 12.8 Å². The lowest BCUT2D eigenvalue weighted by Gasteiger charge is -2.19. The van der Waals surface area contributed by atoms with Crippen LogP contribution in [0.15, 0.2) is 29.3 Å². The van der Waals surface area contributed by atoms with E-state index in [9.17, 15) is 13.2 Å². The molecule has 2 N–H and O–H groups in total. The molecule has 1 unspecified atom stereocenters. The molecule has 1 rings (SSSR count). The highest BCUT2D eigenvalue weighted by atomic mass is 127. The lowest BCUT2D eigenvalue weighted by Crippen LogP contribution is -2.39. The zero-order valence-corrected chi connectivity index (χ0v) is 19.1. The Morgan fingerprint density at radius 2 is 1.79 bits per heavy atom. The number of aliphatic imine (C=N–C) groups is 1. The quantitative estimate of drug-likeness (QED) is 0.207. The van der Waals surface area contributed by atoms with E-state index in [0.717, 1.165) is 11.3 Å². The summed E-state index contributed by atoms with van der Waals surface area (Å²) in [4.78, 5) is 4.13. The van der Waals surface area contributed by atoms with Crippen molar-refractivity contribution >= 4 is 29.9 Å². The van der Waals surface area contributed by atoms with Crippen LogP contribution < -0.4 is 15.4 Å². The Kier molecular flexibility index (Phi) is 13.3. The van der Waals surface area contributed by atoms with Crippen molar-refractivity contribution in [2.24, 2.45) is 10.9 Å². The molecule has 162 valence electrons. The van der Waals surface area contributed by atoms with Crippen LogP contribution in [0.3, 0.4) is 0 Å². The second kappa shape index (κ2) is 13.9. The summed E-state index contributed by atoms with van der Waals surface area (Å²) in [6, 6.07) is 7.86. The summed E-state index contributed by atoms with van der Waals surface area (Å²) in [5, 5.41) is 6.31. The van der Waals surface area contributed by atoms with Gasteiger partial charge >= 0.3 is 6.18 Å². The van der Waals surface area contributed by atoms with Gasteiger partial charge in [0, 0.05) is 20.2 Å². The van der Waals surface area contributed by atoms with Gasteiger partial charge in [-0.2, -0.15) is 13.2 Å². The van der Waals surface area contributed by atoms with E-state index in [0.29, 0.717) is 31.4 Å². The van der Waals surface area contributed by atoms with Crippen LogP contribution in [0.4, 0.5) is 13.2 Å². The molecule has 0 aliphatic heterocycles. The number of nitrogens with zero attached hydrogens (tertiary/aromatic N) is 1. The highest BCUT2D eigenvalue weighted by Gasteiger charge is 2.27. The van der Waals surface area contributed by atoms with Crippen LogP contribution in [0, 0.1) is 5.92 Å². The summed E-state index contributed by atoms with van der Waals surface area (Å²) in [5.41, 5.74) is 1.07. The van der Waals surface area contributed by atoms with Crippen LogP contribution in [0.1, 0.15) is 38.8 Å². The maximum atomic E-state index is 12.0. The molecule has 0 radical (unpaired) electrons. The van der Waals surface area contributed by atoms with E-state index in [1.54, 1.807) is 7.05 Å². The van der Waals surface area contributed by atoms with Gasteiger partial charge in [0.1, 0.15) is 12.4 Å². The van der Waals surface area contributed by atoms with E-state index in [4.69, 9.17) is 4.74 Å². The van der Waals surface area contributed by atoms with Gasteiger partial charge in [-0.15, -0.1) is 24.0 Å². The number of benzene rings is 1. The fourth-order valence-electron chi connectivity index (χ4n) is 2.17. The van der Waals surface area contributed by atoms with Gasteiger partial charge in [0.05, 0.1) is 12.6 Å². The van der Waals surface area contributed by atoms with Crippen LogP contribution in [0.25, 0.3) is 0 Å². The van der Waals surface area contributed by atoms with Gasteiger partial charge in [0.15, 0.2) is 5.96 Å². The van der Waals surface area contributed by atoms with Gasteiger partial charge in [-0.25, -0.2) is 0 Å². The summed E-state index contributed by atoms with van der Waals surface area (Å²) in [5.74, 6) is 1.89. The van der Waals surface area contributed by atoms with Crippen LogP contribution in [0.5, 0.6) is 5.75 Å². The largest absolute Gasteiger partial charge is 0.493 e. The van der Waals surface area contributed by atoms with Crippen molar-refractivity contribution in [2.45, 2.75) is 39.4 Å². The molecule has 0 aliphatic rings. The molecule has 1 aromatic carbocycles. The Bertz CT molecular complexity index is 567. The van der Waals surface area contributed by atoms with E-state index in [-0.39, 0.29) is 36.6 Å². The third-order valence-corrected chi connectivity index (χ3v) is 3.56. The highest BCUT2D eigenvalue weighted by molar-refractivity contribution is 14.0. The summed E-state index contributed by atoms with van der Waals surface area (Å²) in [6.45, 7) is 6.17. The molecule has 0 aliphatic carbocycles. The molecule has 5 nitrogen and oxygen atoms in total. The summed E-state index contributed by atoms with van der Waals surface area (Å²) < 4.78 is 46.2. The highest BCUT2D eigenvalue weighted by Crippen LogP contribution is 2.18. The molecule has 1 atom stereocenters. The molecule has 28 heavy (non-hydrogen) atoms. The van der Waals surface area contributed by atoms with E-state index in [1.165, 1.54) is 0 Å². The van der Waals surface area contributed by atoms with Crippen molar-refractivity contribution in [2.75, 3.05) is 33.4 Å². The summed E-state index contributed by atoms with van der Waals surface area (Å²) in [6.07, 6.45) is -3.83. The number of guanidine groups is 1. The van der Waals surface area contributed by atoms with Crippen molar-refractivity contribution in [1.29, 1.82) is 0 Å². The monoisotopic (exact) mass is 517 g/mol. The number of hydrogen-bond donors (Lipinski definition) is 2. The second-order valence-electron chi connectivity index (χ2n) is 6.66. The van der Waals surface area contributed by atoms with Crippen molar-refractivity contribution in [1.82, 2.24) is 10.6 Å². The molecule has 0 saturated carbocycles. The Morgan fingerprint density at radius 1 is 1.14 bits per heavy atom. The van der Waals surface area contributed by atoms with Crippen molar-refractivity contribution in [3.8, 4) is 5.75 Å². The minimum Gasteiger partial charge on any atom is -0.493 e. The first kappa shape index (κ1) is 26.8. The summed E-state index contributed by atoms with van der Waals surface area (Å²) in [7, 11) is 1.64. The van der Waals surface area contributed by atoms with Gasteiger partial charge in [-0.05, 0) is 37.0 Å². The molecule has 0 spiro atoms. The normalized spacial score (nSPS) is 13.1. The Hall–Kier alpha value is -1.23. The Morgan fingerprint density at radius 3 is 2.32 bits per heavy atom. The Balaban J connectivity index is 0.00000729. The third-order valence-electron chi connectivity index (χ3n) is 3.56. The number of halogens is 4. The average molecular weight is 517 g/mol. The standard InChI is InChI=1S/C19H30F3N3O2.HI/c1-14(2)12-27-17-8-6-16(7-9-17)15(3)25-18(23-4)24-10-5-11-26-13-19(20,21)22;/h6-9,14-15H,5,10-13H2,1-4H3,(H2,23,24,25);1H. The van der Waals surface area contributed by atoms with Gasteiger partial charge < -0.3 is 20.1 Å². The SMILES string of the molecule is CN=C(NCCCOCC(F)(F)F)NC(C)c1ccc(OCC(C)C)cc1.I. The molecule has 0 amide bonds. The minimum absolute atomic E-state index is 0. The van der Waals surface area contributed by atoms with E-state index >= 15 is 0 Å².